The first-order valence-corrected chi connectivity index (χ1v) is 9.96. The lowest BCUT2D eigenvalue weighted by Crippen LogP contribution is -2.17. The molecule has 2 aromatic rings. The zero-order valence-corrected chi connectivity index (χ0v) is 17.9. The molecule has 1 N–H and O–H groups in total. The van der Waals surface area contributed by atoms with Crippen LogP contribution in [0, 0.1) is 10.1 Å². The summed E-state index contributed by atoms with van der Waals surface area (Å²) in [5.41, 5.74) is 2.68. The van der Waals surface area contributed by atoms with Crippen molar-refractivity contribution in [2.24, 2.45) is 5.10 Å². The van der Waals surface area contributed by atoms with E-state index in [1.807, 2.05) is 0 Å². The predicted molar refractivity (Wildman–Crippen MR) is 117 cm³/mol. The zero-order chi connectivity index (χ0) is 22.6. The fourth-order valence-electron chi connectivity index (χ4n) is 2.79. The van der Waals surface area contributed by atoms with Gasteiger partial charge in [0.15, 0.2) is 11.5 Å². The Kier molecular flexibility index (Phi) is 9.28. The van der Waals surface area contributed by atoms with Crippen molar-refractivity contribution in [2.75, 3.05) is 20.8 Å². The molecular formula is C22H27N3O6. The number of hydrogen-bond donors (Lipinski definition) is 1. The van der Waals surface area contributed by atoms with Crippen molar-refractivity contribution in [3.63, 3.8) is 0 Å². The van der Waals surface area contributed by atoms with E-state index in [4.69, 9.17) is 14.2 Å². The molecule has 2 aromatic carbocycles. The van der Waals surface area contributed by atoms with Crippen molar-refractivity contribution in [3.05, 3.63) is 57.6 Å². The topological polar surface area (TPSA) is 112 Å². The van der Waals surface area contributed by atoms with E-state index < -0.39 is 10.8 Å². The number of nitrogens with one attached hydrogen (secondary N) is 1. The lowest BCUT2D eigenvalue weighted by atomic mass is 10.1. The quantitative estimate of drug-likeness (QED) is 0.232. The second kappa shape index (κ2) is 12.2. The molecule has 0 aliphatic rings. The van der Waals surface area contributed by atoms with Gasteiger partial charge in [0.05, 0.1) is 43.6 Å². The molecule has 0 aliphatic carbocycles. The number of nitrogens with zero attached hydrogens (tertiary/aromatic N) is 2. The maximum Gasteiger partial charge on any atom is 0.282 e. The Hall–Kier alpha value is -3.62. The molecule has 2 rings (SSSR count). The summed E-state index contributed by atoms with van der Waals surface area (Å²) in [6.07, 6.45) is 5.67. The Bertz CT molecular complexity index is 912. The molecule has 31 heavy (non-hydrogen) atoms. The van der Waals surface area contributed by atoms with E-state index >= 15 is 0 Å². The number of nitro benzene ring substituents is 1. The number of nitro groups is 1. The average Bonchev–Trinajstić information content (AvgIpc) is 2.78. The molecule has 0 fully saturated rings. The summed E-state index contributed by atoms with van der Waals surface area (Å²) >= 11 is 0. The Morgan fingerprint density at radius 1 is 1.10 bits per heavy atom. The van der Waals surface area contributed by atoms with Crippen molar-refractivity contribution in [3.8, 4) is 17.2 Å². The summed E-state index contributed by atoms with van der Waals surface area (Å²) in [5, 5.41) is 15.2. The van der Waals surface area contributed by atoms with Gasteiger partial charge in [-0.1, -0.05) is 26.2 Å². The van der Waals surface area contributed by atoms with Gasteiger partial charge >= 0.3 is 0 Å². The molecule has 0 unspecified atom stereocenters. The van der Waals surface area contributed by atoms with Gasteiger partial charge in [-0.2, -0.15) is 5.10 Å². The van der Waals surface area contributed by atoms with Crippen molar-refractivity contribution in [1.29, 1.82) is 0 Å². The van der Waals surface area contributed by atoms with Crippen LogP contribution in [0.15, 0.2) is 41.5 Å². The highest BCUT2D eigenvalue weighted by Gasteiger charge is 2.18. The van der Waals surface area contributed by atoms with Crippen LogP contribution in [-0.2, 0) is 0 Å². The van der Waals surface area contributed by atoms with E-state index in [9.17, 15) is 14.9 Å². The van der Waals surface area contributed by atoms with Crippen molar-refractivity contribution >= 4 is 17.8 Å². The maximum absolute atomic E-state index is 12.3. The highest BCUT2D eigenvalue weighted by atomic mass is 16.6. The van der Waals surface area contributed by atoms with Gasteiger partial charge in [-0.15, -0.1) is 0 Å². The first-order chi connectivity index (χ1) is 15.0. The van der Waals surface area contributed by atoms with Gasteiger partial charge in [-0.3, -0.25) is 14.9 Å². The number of carbonyl (C=O) groups excluding carboxylic acids is 1. The molecule has 0 aliphatic heterocycles. The van der Waals surface area contributed by atoms with Crippen LogP contribution in [0.25, 0.3) is 0 Å². The molecule has 0 saturated heterocycles. The zero-order valence-electron chi connectivity index (χ0n) is 17.9. The van der Waals surface area contributed by atoms with Gasteiger partial charge in [0.25, 0.3) is 11.6 Å². The minimum atomic E-state index is -0.563. The van der Waals surface area contributed by atoms with E-state index in [0.29, 0.717) is 23.7 Å². The summed E-state index contributed by atoms with van der Waals surface area (Å²) in [7, 11) is 2.81. The van der Waals surface area contributed by atoms with Crippen LogP contribution >= 0.6 is 0 Å². The van der Waals surface area contributed by atoms with Crippen molar-refractivity contribution in [1.82, 2.24) is 5.43 Å². The number of unbranched alkanes of at least 4 members (excludes halogenated alkanes) is 3. The van der Waals surface area contributed by atoms with E-state index in [1.54, 1.807) is 24.3 Å². The fraction of sp³-hybridized carbons (Fsp3) is 0.364. The molecule has 9 heteroatoms. The third kappa shape index (κ3) is 6.98. The van der Waals surface area contributed by atoms with Crippen molar-refractivity contribution < 1.29 is 23.9 Å². The maximum atomic E-state index is 12.3. The third-order valence-corrected chi connectivity index (χ3v) is 4.48. The molecule has 9 nitrogen and oxygen atoms in total. The number of methoxy groups -OCH3 is 2. The fourth-order valence-corrected chi connectivity index (χ4v) is 2.79. The minimum Gasteiger partial charge on any atom is -0.494 e. The monoisotopic (exact) mass is 429 g/mol. The predicted octanol–water partition coefficient (Wildman–Crippen LogP) is 4.34. The number of hydrazone groups is 1. The molecule has 0 aromatic heterocycles. The number of amides is 1. The summed E-state index contributed by atoms with van der Waals surface area (Å²) in [6, 6.07) is 9.35. The molecule has 0 bridgehead atoms. The van der Waals surface area contributed by atoms with Crippen LogP contribution in [0.1, 0.15) is 48.5 Å². The number of rotatable bonds is 12. The van der Waals surface area contributed by atoms with Crippen LogP contribution < -0.4 is 19.6 Å². The number of benzene rings is 2. The van der Waals surface area contributed by atoms with Gasteiger partial charge < -0.3 is 14.2 Å². The van der Waals surface area contributed by atoms with Crippen LogP contribution in [0.2, 0.25) is 0 Å². The second-order valence-electron chi connectivity index (χ2n) is 6.66. The third-order valence-electron chi connectivity index (χ3n) is 4.48. The van der Waals surface area contributed by atoms with Gasteiger partial charge in [-0.25, -0.2) is 5.43 Å². The van der Waals surface area contributed by atoms with Crippen LogP contribution in [-0.4, -0.2) is 37.9 Å². The Morgan fingerprint density at radius 2 is 1.77 bits per heavy atom. The largest absolute Gasteiger partial charge is 0.494 e. The lowest BCUT2D eigenvalue weighted by molar-refractivity contribution is -0.385. The highest BCUT2D eigenvalue weighted by molar-refractivity contribution is 5.95. The Balaban J connectivity index is 2.00. The molecule has 0 saturated carbocycles. The van der Waals surface area contributed by atoms with Crippen LogP contribution in [0.3, 0.4) is 0 Å². The molecule has 0 radical (unpaired) electrons. The average molecular weight is 429 g/mol. The normalized spacial score (nSPS) is 10.7. The smallest absolute Gasteiger partial charge is 0.282 e. The first-order valence-electron chi connectivity index (χ1n) is 9.96. The number of hydrogen-bond acceptors (Lipinski definition) is 7. The van der Waals surface area contributed by atoms with Gasteiger partial charge in [-0.05, 0) is 36.8 Å². The van der Waals surface area contributed by atoms with Gasteiger partial charge in [0.1, 0.15) is 5.75 Å². The van der Waals surface area contributed by atoms with E-state index in [0.717, 1.165) is 12.8 Å². The molecule has 0 heterocycles. The Labute approximate surface area is 181 Å². The standard InChI is InChI=1S/C22H27N3O6/c1-4-5-6-7-12-31-18-10-8-16(9-11-18)22(26)24-23-15-17-13-20(29-2)21(30-3)14-19(17)25(27)28/h8-11,13-15H,4-7,12H2,1-3H3,(H,24,26). The van der Waals surface area contributed by atoms with E-state index in [2.05, 4.69) is 17.5 Å². The second-order valence-corrected chi connectivity index (χ2v) is 6.66. The van der Waals surface area contributed by atoms with Crippen LogP contribution in [0.5, 0.6) is 17.2 Å². The summed E-state index contributed by atoms with van der Waals surface area (Å²) in [4.78, 5) is 23.0. The first kappa shape index (κ1) is 23.7. The molecular weight excluding hydrogens is 402 g/mol. The minimum absolute atomic E-state index is 0.162. The Morgan fingerprint density at radius 3 is 2.39 bits per heavy atom. The number of carbonyl (C=O) groups is 1. The molecule has 0 atom stereocenters. The molecule has 1 amide bonds. The summed E-state index contributed by atoms with van der Waals surface area (Å²) in [6.45, 7) is 2.80. The number of ether oxygens (including phenoxy) is 3. The molecule has 0 spiro atoms. The summed E-state index contributed by atoms with van der Waals surface area (Å²) < 4.78 is 15.9. The lowest BCUT2D eigenvalue weighted by Gasteiger charge is -2.08. The van der Waals surface area contributed by atoms with E-state index in [1.165, 1.54) is 45.4 Å². The van der Waals surface area contributed by atoms with Gasteiger partial charge in [0, 0.05) is 5.56 Å². The van der Waals surface area contributed by atoms with Crippen LogP contribution in [0.4, 0.5) is 5.69 Å². The van der Waals surface area contributed by atoms with Gasteiger partial charge in [0.2, 0.25) is 0 Å². The van der Waals surface area contributed by atoms with E-state index in [-0.39, 0.29) is 17.0 Å². The highest BCUT2D eigenvalue weighted by Crippen LogP contribution is 2.33. The summed E-state index contributed by atoms with van der Waals surface area (Å²) in [5.74, 6) is 0.778. The SMILES string of the molecule is CCCCCCOc1ccc(C(=O)NN=Cc2cc(OC)c(OC)cc2[N+](=O)[O-])cc1. The van der Waals surface area contributed by atoms with Crippen molar-refractivity contribution in [2.45, 2.75) is 32.6 Å². The molecule has 166 valence electrons.